The number of nitrogens with one attached hydrogen (secondary N) is 1. The van der Waals surface area contributed by atoms with Gasteiger partial charge in [0.15, 0.2) is 0 Å². The van der Waals surface area contributed by atoms with Crippen LogP contribution in [0.25, 0.3) is 10.9 Å². The number of H-pyrrole nitrogens is 1. The third-order valence-electron chi connectivity index (χ3n) is 5.88. The number of hydrogen-bond acceptors (Lipinski definition) is 5. The van der Waals surface area contributed by atoms with Crippen LogP contribution in [0.2, 0.25) is 5.02 Å². The highest BCUT2D eigenvalue weighted by molar-refractivity contribution is 6.31. The summed E-state index contributed by atoms with van der Waals surface area (Å²) < 4.78 is 7.50. The highest BCUT2D eigenvalue weighted by Crippen LogP contribution is 2.41. The van der Waals surface area contributed by atoms with Gasteiger partial charge >= 0.3 is 0 Å². The van der Waals surface area contributed by atoms with Gasteiger partial charge in [0.1, 0.15) is 0 Å². The second-order valence-electron chi connectivity index (χ2n) is 7.59. The van der Waals surface area contributed by atoms with Crippen LogP contribution in [0, 0.1) is 5.92 Å². The Morgan fingerprint density at radius 3 is 3.07 bits per heavy atom. The lowest BCUT2D eigenvalue weighted by molar-refractivity contribution is 0.0483. The molecule has 5 rings (SSSR count). The molecule has 8 heteroatoms. The molecule has 2 aromatic heterocycles. The molecular weight excluding hydrogens is 364 g/mol. The summed E-state index contributed by atoms with van der Waals surface area (Å²) >= 11 is 6.27. The number of aromatic amines is 1. The maximum absolute atomic E-state index is 6.27. The van der Waals surface area contributed by atoms with Crippen LogP contribution in [0.4, 0.5) is 5.95 Å². The number of benzene rings is 1. The van der Waals surface area contributed by atoms with Crippen molar-refractivity contribution in [1.29, 1.82) is 0 Å². The lowest BCUT2D eigenvalue weighted by atomic mass is 9.88. The van der Waals surface area contributed by atoms with Gasteiger partial charge in [-0.15, -0.1) is 0 Å². The summed E-state index contributed by atoms with van der Waals surface area (Å²) in [5.74, 6) is 1.37. The van der Waals surface area contributed by atoms with Crippen molar-refractivity contribution in [3.63, 3.8) is 0 Å². The first kappa shape index (κ1) is 17.0. The van der Waals surface area contributed by atoms with Crippen LogP contribution < -0.4 is 4.90 Å². The monoisotopic (exact) mass is 386 g/mol. The van der Waals surface area contributed by atoms with E-state index < -0.39 is 0 Å². The van der Waals surface area contributed by atoms with E-state index in [1.807, 2.05) is 13.1 Å². The minimum Gasteiger partial charge on any atom is -0.381 e. The molecule has 27 heavy (non-hydrogen) atoms. The van der Waals surface area contributed by atoms with Gasteiger partial charge < -0.3 is 14.6 Å². The van der Waals surface area contributed by atoms with E-state index >= 15 is 0 Å². The topological polar surface area (TPSA) is 71.9 Å². The fraction of sp³-hybridized carbons (Fsp3) is 0.526. The summed E-state index contributed by atoms with van der Waals surface area (Å²) in [6, 6.07) is 6.30. The first-order chi connectivity index (χ1) is 13.2. The molecule has 0 amide bonds. The molecule has 0 radical (unpaired) electrons. The first-order valence-corrected chi connectivity index (χ1v) is 9.95. The number of halogens is 1. The van der Waals surface area contributed by atoms with E-state index in [0.29, 0.717) is 5.92 Å². The SMILES string of the molecule is Cn1nnnc1N1CCc2c([nH]c3ccc(Cl)cc23)[C@@H]1C[C@@H]1CCCOC1. The lowest BCUT2D eigenvalue weighted by Gasteiger charge is -2.38. The first-order valence-electron chi connectivity index (χ1n) is 9.57. The number of hydrogen-bond donors (Lipinski definition) is 1. The Labute approximate surface area is 162 Å². The maximum atomic E-state index is 6.27. The number of ether oxygens (including phenoxy) is 1. The molecule has 142 valence electrons. The molecular formula is C19H23ClN6O. The number of aryl methyl sites for hydroxylation is 1. The summed E-state index contributed by atoms with van der Waals surface area (Å²) in [5, 5.41) is 14.2. The highest BCUT2D eigenvalue weighted by Gasteiger charge is 2.35. The van der Waals surface area contributed by atoms with Crippen molar-refractivity contribution >= 4 is 28.5 Å². The van der Waals surface area contributed by atoms with Gasteiger partial charge in [0.05, 0.1) is 6.04 Å². The zero-order chi connectivity index (χ0) is 18.4. The number of aromatic nitrogens is 5. The summed E-state index contributed by atoms with van der Waals surface area (Å²) in [7, 11) is 1.90. The van der Waals surface area contributed by atoms with Crippen LogP contribution in [0.5, 0.6) is 0 Å². The Morgan fingerprint density at radius 2 is 2.30 bits per heavy atom. The minimum absolute atomic E-state index is 0.205. The Bertz CT molecular complexity index is 960. The number of nitrogens with zero attached hydrogens (tertiary/aromatic N) is 5. The zero-order valence-corrected chi connectivity index (χ0v) is 16.1. The van der Waals surface area contributed by atoms with Gasteiger partial charge in [0.25, 0.3) is 0 Å². The van der Waals surface area contributed by atoms with E-state index in [9.17, 15) is 0 Å². The van der Waals surface area contributed by atoms with Gasteiger partial charge in [-0.1, -0.05) is 16.7 Å². The summed E-state index contributed by atoms with van der Waals surface area (Å²) in [4.78, 5) is 6.02. The molecule has 0 bridgehead atoms. The largest absolute Gasteiger partial charge is 0.381 e. The molecule has 3 aromatic rings. The number of tetrazole rings is 1. The van der Waals surface area contributed by atoms with Gasteiger partial charge in [-0.3, -0.25) is 0 Å². The van der Waals surface area contributed by atoms with E-state index in [2.05, 4.69) is 37.5 Å². The van der Waals surface area contributed by atoms with Crippen LogP contribution >= 0.6 is 11.6 Å². The fourth-order valence-electron chi connectivity index (χ4n) is 4.60. The predicted molar refractivity (Wildman–Crippen MR) is 104 cm³/mol. The average molecular weight is 387 g/mol. The van der Waals surface area contributed by atoms with Crippen molar-refractivity contribution in [1.82, 2.24) is 25.2 Å². The number of anilines is 1. The molecule has 2 aliphatic heterocycles. The summed E-state index contributed by atoms with van der Waals surface area (Å²) in [5.41, 5.74) is 3.79. The number of rotatable bonds is 3. The highest BCUT2D eigenvalue weighted by atomic mass is 35.5. The van der Waals surface area contributed by atoms with Gasteiger partial charge in [0, 0.05) is 48.4 Å². The third kappa shape index (κ3) is 2.99. The van der Waals surface area contributed by atoms with Crippen molar-refractivity contribution in [2.24, 2.45) is 13.0 Å². The van der Waals surface area contributed by atoms with Crippen LogP contribution in [0.3, 0.4) is 0 Å². The second-order valence-corrected chi connectivity index (χ2v) is 8.02. The van der Waals surface area contributed by atoms with Gasteiger partial charge in [0.2, 0.25) is 5.95 Å². The smallest absolute Gasteiger partial charge is 0.245 e. The average Bonchev–Trinajstić information content (AvgIpc) is 3.26. The van der Waals surface area contributed by atoms with Crippen LogP contribution in [-0.4, -0.2) is 44.9 Å². The quantitative estimate of drug-likeness (QED) is 0.748. The lowest BCUT2D eigenvalue weighted by Crippen LogP contribution is -2.39. The normalized spacial score (nSPS) is 23.0. The van der Waals surface area contributed by atoms with E-state index in [-0.39, 0.29) is 6.04 Å². The molecule has 1 fully saturated rings. The van der Waals surface area contributed by atoms with Crippen LogP contribution in [0.15, 0.2) is 18.2 Å². The van der Waals surface area contributed by atoms with Crippen molar-refractivity contribution in [3.05, 3.63) is 34.5 Å². The molecule has 0 unspecified atom stereocenters. The van der Waals surface area contributed by atoms with Crippen molar-refractivity contribution in [2.75, 3.05) is 24.7 Å². The minimum atomic E-state index is 0.205. The molecule has 0 aliphatic carbocycles. The second kappa shape index (κ2) is 6.80. The maximum Gasteiger partial charge on any atom is 0.245 e. The Morgan fingerprint density at radius 1 is 1.37 bits per heavy atom. The molecule has 1 aromatic carbocycles. The number of fused-ring (bicyclic) bond motifs is 3. The van der Waals surface area contributed by atoms with E-state index in [0.717, 1.165) is 55.5 Å². The molecule has 2 atom stereocenters. The molecule has 7 nitrogen and oxygen atoms in total. The molecule has 1 N–H and O–H groups in total. The van der Waals surface area contributed by atoms with Gasteiger partial charge in [-0.05, 0) is 65.8 Å². The van der Waals surface area contributed by atoms with Crippen molar-refractivity contribution < 1.29 is 4.74 Å². The molecule has 0 saturated carbocycles. The Kier molecular flexibility index (Phi) is 4.28. The van der Waals surface area contributed by atoms with Crippen LogP contribution in [0.1, 0.15) is 36.6 Å². The molecule has 0 spiro atoms. The third-order valence-corrected chi connectivity index (χ3v) is 6.11. The Balaban J connectivity index is 1.58. The van der Waals surface area contributed by atoms with Crippen molar-refractivity contribution in [3.8, 4) is 0 Å². The van der Waals surface area contributed by atoms with Gasteiger partial charge in [-0.2, -0.15) is 0 Å². The zero-order valence-electron chi connectivity index (χ0n) is 15.4. The predicted octanol–water partition coefficient (Wildman–Crippen LogP) is 3.27. The van der Waals surface area contributed by atoms with E-state index in [1.165, 1.54) is 23.1 Å². The standard InChI is InChI=1S/C19H23ClN6O/c1-25-19(22-23-24-25)26-7-6-14-15-10-13(20)4-5-16(15)21-18(14)17(26)9-12-3-2-8-27-11-12/h4-5,10,12,17,21H,2-3,6-9,11H2,1H3/t12-,17-/m0/s1. The van der Waals surface area contributed by atoms with E-state index in [4.69, 9.17) is 16.3 Å². The Hall–Kier alpha value is -2.12. The fourth-order valence-corrected chi connectivity index (χ4v) is 4.77. The molecule has 2 aliphatic rings. The molecule has 4 heterocycles. The van der Waals surface area contributed by atoms with Crippen LogP contribution in [-0.2, 0) is 18.2 Å². The van der Waals surface area contributed by atoms with E-state index in [1.54, 1.807) is 4.68 Å². The summed E-state index contributed by atoms with van der Waals surface area (Å²) in [6.07, 6.45) is 4.32. The van der Waals surface area contributed by atoms with Crippen molar-refractivity contribution in [2.45, 2.75) is 31.7 Å². The molecule has 1 saturated heterocycles. The van der Waals surface area contributed by atoms with Gasteiger partial charge in [-0.25, -0.2) is 4.68 Å². The summed E-state index contributed by atoms with van der Waals surface area (Å²) in [6.45, 7) is 2.61.